The van der Waals surface area contributed by atoms with Gasteiger partial charge in [-0.25, -0.2) is 0 Å². The van der Waals surface area contributed by atoms with Crippen molar-refractivity contribution in [2.45, 2.75) is 26.3 Å². The Kier molecular flexibility index (Phi) is 4.59. The van der Waals surface area contributed by atoms with Crippen LogP contribution in [0.2, 0.25) is 0 Å². The first-order valence-electron chi connectivity index (χ1n) is 8.04. The molecule has 1 amide bonds. The molecule has 1 aromatic heterocycles. The van der Waals surface area contributed by atoms with Crippen LogP contribution in [0, 0.1) is 12.3 Å². The molecule has 1 fully saturated rings. The average molecular weight is 313 g/mol. The number of hydrogen-bond acceptors (Lipinski definition) is 4. The van der Waals surface area contributed by atoms with E-state index in [4.69, 9.17) is 10.5 Å². The topological polar surface area (TPSA) is 77.2 Å². The number of primary amides is 1. The predicted octanol–water partition coefficient (Wildman–Crippen LogP) is 1.91. The van der Waals surface area contributed by atoms with Gasteiger partial charge in [0, 0.05) is 37.4 Å². The Morgan fingerprint density at radius 2 is 2.09 bits per heavy atom. The molecule has 3 N–H and O–H groups in total. The van der Waals surface area contributed by atoms with E-state index in [1.807, 2.05) is 19.1 Å². The Morgan fingerprint density at radius 1 is 1.30 bits per heavy atom. The number of carbonyl (C=O) groups is 1. The number of pyridine rings is 1. The van der Waals surface area contributed by atoms with Gasteiger partial charge in [-0.3, -0.25) is 9.78 Å². The molecule has 1 aliphatic heterocycles. The fourth-order valence-electron chi connectivity index (χ4n) is 3.11. The van der Waals surface area contributed by atoms with Crippen LogP contribution in [0.4, 0.5) is 0 Å². The summed E-state index contributed by atoms with van der Waals surface area (Å²) in [5.74, 6) is -0.230. The standard InChI is InChI=1S/C18H23N3O2/c1-13-2-4-15-10-14(3-5-16(15)21-13)11-20-12-18(17(19)22)6-8-23-9-7-18/h2-5,10,20H,6-9,11-12H2,1H3,(H2,19,22). The van der Waals surface area contributed by atoms with Crippen molar-refractivity contribution >= 4 is 16.8 Å². The molecule has 3 rings (SSSR count). The Balaban J connectivity index is 1.65. The maximum absolute atomic E-state index is 11.8. The maximum Gasteiger partial charge on any atom is 0.225 e. The summed E-state index contributed by atoms with van der Waals surface area (Å²) < 4.78 is 5.35. The second-order valence-corrected chi connectivity index (χ2v) is 6.34. The molecule has 122 valence electrons. The molecule has 23 heavy (non-hydrogen) atoms. The van der Waals surface area contributed by atoms with Crippen molar-refractivity contribution < 1.29 is 9.53 Å². The van der Waals surface area contributed by atoms with E-state index < -0.39 is 5.41 Å². The maximum atomic E-state index is 11.8. The molecule has 1 aliphatic rings. The summed E-state index contributed by atoms with van der Waals surface area (Å²) in [6.07, 6.45) is 1.38. The molecule has 0 atom stereocenters. The van der Waals surface area contributed by atoms with Gasteiger partial charge in [-0.15, -0.1) is 0 Å². The minimum Gasteiger partial charge on any atom is -0.381 e. The van der Waals surface area contributed by atoms with Gasteiger partial charge in [-0.2, -0.15) is 0 Å². The predicted molar refractivity (Wildman–Crippen MR) is 89.9 cm³/mol. The van der Waals surface area contributed by atoms with Crippen LogP contribution < -0.4 is 11.1 Å². The van der Waals surface area contributed by atoms with Crippen molar-refractivity contribution in [3.63, 3.8) is 0 Å². The molecule has 2 aromatic rings. The number of nitrogens with two attached hydrogens (primary N) is 1. The van der Waals surface area contributed by atoms with Crippen LogP contribution >= 0.6 is 0 Å². The lowest BCUT2D eigenvalue weighted by Gasteiger charge is -2.34. The lowest BCUT2D eigenvalue weighted by atomic mass is 9.79. The number of amides is 1. The third-order valence-corrected chi connectivity index (χ3v) is 4.66. The zero-order valence-corrected chi connectivity index (χ0v) is 13.5. The molecular formula is C18H23N3O2. The summed E-state index contributed by atoms with van der Waals surface area (Å²) in [6, 6.07) is 10.4. The number of ether oxygens (including phenoxy) is 1. The molecule has 0 aliphatic carbocycles. The fraction of sp³-hybridized carbons (Fsp3) is 0.444. The first-order valence-corrected chi connectivity index (χ1v) is 8.04. The molecular weight excluding hydrogens is 290 g/mol. The Bertz CT molecular complexity index is 708. The molecule has 1 aromatic carbocycles. The van der Waals surface area contributed by atoms with Gasteiger partial charge < -0.3 is 15.8 Å². The van der Waals surface area contributed by atoms with E-state index in [1.54, 1.807) is 0 Å². The zero-order valence-electron chi connectivity index (χ0n) is 13.5. The van der Waals surface area contributed by atoms with Crippen molar-refractivity contribution in [3.8, 4) is 0 Å². The smallest absolute Gasteiger partial charge is 0.225 e. The number of fused-ring (bicyclic) bond motifs is 1. The van der Waals surface area contributed by atoms with Gasteiger partial charge in [0.05, 0.1) is 10.9 Å². The van der Waals surface area contributed by atoms with E-state index >= 15 is 0 Å². The van der Waals surface area contributed by atoms with Crippen LogP contribution in [0.1, 0.15) is 24.1 Å². The highest BCUT2D eigenvalue weighted by atomic mass is 16.5. The number of carbonyl (C=O) groups excluding carboxylic acids is 1. The first kappa shape index (κ1) is 15.9. The van der Waals surface area contributed by atoms with Gasteiger partial charge in [0.2, 0.25) is 5.91 Å². The highest BCUT2D eigenvalue weighted by Crippen LogP contribution is 2.29. The Hall–Kier alpha value is -1.98. The summed E-state index contributed by atoms with van der Waals surface area (Å²) in [5, 5.41) is 4.52. The molecule has 0 saturated carbocycles. The highest BCUT2D eigenvalue weighted by molar-refractivity contribution is 5.81. The minimum absolute atomic E-state index is 0.230. The lowest BCUT2D eigenvalue weighted by Crippen LogP contribution is -2.48. The van der Waals surface area contributed by atoms with E-state index in [2.05, 4.69) is 28.5 Å². The zero-order chi connectivity index (χ0) is 16.3. The van der Waals surface area contributed by atoms with Crippen molar-refractivity contribution in [2.24, 2.45) is 11.1 Å². The third kappa shape index (κ3) is 3.51. The van der Waals surface area contributed by atoms with Gasteiger partial charge >= 0.3 is 0 Å². The van der Waals surface area contributed by atoms with Gasteiger partial charge in [-0.1, -0.05) is 12.1 Å². The molecule has 0 unspecified atom stereocenters. The summed E-state index contributed by atoms with van der Waals surface area (Å²) >= 11 is 0. The lowest BCUT2D eigenvalue weighted by molar-refractivity contribution is -0.132. The van der Waals surface area contributed by atoms with Gasteiger partial charge in [0.1, 0.15) is 0 Å². The van der Waals surface area contributed by atoms with Crippen molar-refractivity contribution in [1.82, 2.24) is 10.3 Å². The number of nitrogens with one attached hydrogen (secondary N) is 1. The number of aromatic nitrogens is 1. The van der Waals surface area contributed by atoms with Crippen LogP contribution in [0.5, 0.6) is 0 Å². The summed E-state index contributed by atoms with van der Waals surface area (Å²) in [7, 11) is 0. The van der Waals surface area contributed by atoms with Gasteiger partial charge in [0.25, 0.3) is 0 Å². The van der Waals surface area contributed by atoms with Crippen LogP contribution in [-0.2, 0) is 16.1 Å². The van der Waals surface area contributed by atoms with Crippen molar-refractivity contribution in [1.29, 1.82) is 0 Å². The normalized spacial score (nSPS) is 17.3. The van der Waals surface area contributed by atoms with Crippen LogP contribution in [0.25, 0.3) is 10.9 Å². The minimum atomic E-state index is -0.478. The molecule has 0 bridgehead atoms. The molecule has 0 radical (unpaired) electrons. The van der Waals surface area contributed by atoms with E-state index in [0.29, 0.717) is 39.1 Å². The monoisotopic (exact) mass is 313 g/mol. The number of hydrogen-bond donors (Lipinski definition) is 2. The quantitative estimate of drug-likeness (QED) is 0.884. The second-order valence-electron chi connectivity index (χ2n) is 6.34. The van der Waals surface area contributed by atoms with Crippen LogP contribution in [-0.4, -0.2) is 30.6 Å². The van der Waals surface area contributed by atoms with E-state index in [-0.39, 0.29) is 5.91 Å². The average Bonchev–Trinajstić information content (AvgIpc) is 2.55. The van der Waals surface area contributed by atoms with E-state index in [1.165, 1.54) is 5.56 Å². The summed E-state index contributed by atoms with van der Waals surface area (Å²) in [5.41, 5.74) is 8.35. The largest absolute Gasteiger partial charge is 0.381 e. The number of nitrogens with zero attached hydrogens (tertiary/aromatic N) is 1. The summed E-state index contributed by atoms with van der Waals surface area (Å²) in [4.78, 5) is 16.4. The molecule has 2 heterocycles. The van der Waals surface area contributed by atoms with Crippen molar-refractivity contribution in [2.75, 3.05) is 19.8 Å². The summed E-state index contributed by atoms with van der Waals surface area (Å²) in [6.45, 7) is 4.50. The van der Waals surface area contributed by atoms with E-state index in [0.717, 1.165) is 16.6 Å². The Morgan fingerprint density at radius 3 is 2.83 bits per heavy atom. The second kappa shape index (κ2) is 6.64. The SMILES string of the molecule is Cc1ccc2cc(CNCC3(C(N)=O)CCOCC3)ccc2n1. The Labute approximate surface area is 136 Å². The first-order chi connectivity index (χ1) is 11.1. The fourth-order valence-corrected chi connectivity index (χ4v) is 3.11. The van der Waals surface area contributed by atoms with Gasteiger partial charge in [-0.05, 0) is 43.5 Å². The third-order valence-electron chi connectivity index (χ3n) is 4.66. The number of rotatable bonds is 5. The molecule has 0 spiro atoms. The molecule has 5 heteroatoms. The van der Waals surface area contributed by atoms with Gasteiger partial charge in [0.15, 0.2) is 0 Å². The van der Waals surface area contributed by atoms with E-state index in [9.17, 15) is 4.79 Å². The van der Waals surface area contributed by atoms with Crippen molar-refractivity contribution in [3.05, 3.63) is 41.6 Å². The van der Waals surface area contributed by atoms with Crippen LogP contribution in [0.15, 0.2) is 30.3 Å². The molecule has 1 saturated heterocycles. The highest BCUT2D eigenvalue weighted by Gasteiger charge is 2.37. The van der Waals surface area contributed by atoms with Crippen LogP contribution in [0.3, 0.4) is 0 Å². The molecule has 5 nitrogen and oxygen atoms in total. The number of aryl methyl sites for hydroxylation is 1. The number of benzene rings is 1.